The topological polar surface area (TPSA) is 70.0 Å². The molecule has 1 aliphatic heterocycles. The molecule has 5 rings (SSSR count). The molecular weight excluding hydrogens is 350 g/mol. The quantitative estimate of drug-likeness (QED) is 0.573. The van der Waals surface area contributed by atoms with Crippen molar-refractivity contribution in [1.82, 2.24) is 24.4 Å². The molecule has 0 saturated carbocycles. The molecular formula is C22H23N5O. The third kappa shape index (κ3) is 2.77. The summed E-state index contributed by atoms with van der Waals surface area (Å²) >= 11 is 0. The second kappa shape index (κ2) is 6.80. The predicted molar refractivity (Wildman–Crippen MR) is 108 cm³/mol. The smallest absolute Gasteiger partial charge is 0.124 e. The van der Waals surface area contributed by atoms with E-state index in [1.807, 2.05) is 18.2 Å². The van der Waals surface area contributed by atoms with Crippen LogP contribution in [0.2, 0.25) is 0 Å². The number of aryl methyl sites for hydroxylation is 1. The average molecular weight is 373 g/mol. The van der Waals surface area contributed by atoms with Gasteiger partial charge in [0.2, 0.25) is 0 Å². The van der Waals surface area contributed by atoms with E-state index in [2.05, 4.69) is 50.6 Å². The van der Waals surface area contributed by atoms with Crippen LogP contribution in [0.4, 0.5) is 0 Å². The highest BCUT2D eigenvalue weighted by molar-refractivity contribution is 5.75. The van der Waals surface area contributed by atoms with Crippen LogP contribution in [0.15, 0.2) is 54.9 Å². The fourth-order valence-corrected chi connectivity index (χ4v) is 4.34. The van der Waals surface area contributed by atoms with Gasteiger partial charge in [0, 0.05) is 25.2 Å². The molecule has 1 unspecified atom stereocenters. The van der Waals surface area contributed by atoms with Crippen molar-refractivity contribution in [2.75, 3.05) is 6.54 Å². The first-order valence-corrected chi connectivity index (χ1v) is 9.74. The number of nitrogens with zero attached hydrogens (tertiary/aromatic N) is 4. The summed E-state index contributed by atoms with van der Waals surface area (Å²) in [5.41, 5.74) is 5.47. The van der Waals surface area contributed by atoms with Gasteiger partial charge in [-0.2, -0.15) is 0 Å². The van der Waals surface area contributed by atoms with E-state index in [1.54, 1.807) is 12.4 Å². The molecule has 6 nitrogen and oxygen atoms in total. The molecule has 2 aromatic heterocycles. The van der Waals surface area contributed by atoms with Crippen molar-refractivity contribution in [3.05, 3.63) is 77.6 Å². The van der Waals surface area contributed by atoms with Crippen LogP contribution in [0.1, 0.15) is 35.7 Å². The minimum Gasteiger partial charge on any atom is -0.508 e. The maximum atomic E-state index is 10.0. The van der Waals surface area contributed by atoms with Gasteiger partial charge in [0.25, 0.3) is 0 Å². The first-order chi connectivity index (χ1) is 13.7. The molecule has 2 N–H and O–H groups in total. The number of rotatable bonds is 4. The van der Waals surface area contributed by atoms with Crippen molar-refractivity contribution < 1.29 is 5.11 Å². The van der Waals surface area contributed by atoms with Crippen molar-refractivity contribution in [2.24, 2.45) is 0 Å². The standard InChI is InChI=1S/C22H23N5O/c1-2-27-19-9-4-3-8-17(19)25-20(27)13-26-11-10-18-21(24-14-23-18)22(26)15-6-5-7-16(28)12-15/h3-9,12,14,22,28H,2,10-11,13H2,1H3,(H,23,24). The molecule has 0 aliphatic carbocycles. The maximum absolute atomic E-state index is 10.0. The third-order valence-corrected chi connectivity index (χ3v) is 5.61. The van der Waals surface area contributed by atoms with Crippen LogP contribution in [0.3, 0.4) is 0 Å². The largest absolute Gasteiger partial charge is 0.508 e. The molecule has 3 heterocycles. The first kappa shape index (κ1) is 17.0. The van der Waals surface area contributed by atoms with Gasteiger partial charge < -0.3 is 14.7 Å². The second-order valence-corrected chi connectivity index (χ2v) is 7.25. The number of hydrogen-bond acceptors (Lipinski definition) is 4. The van der Waals surface area contributed by atoms with Gasteiger partial charge in [-0.25, -0.2) is 9.97 Å². The Labute approximate surface area is 163 Å². The summed E-state index contributed by atoms with van der Waals surface area (Å²) in [5, 5.41) is 10.0. The molecule has 2 aromatic carbocycles. The highest BCUT2D eigenvalue weighted by Gasteiger charge is 2.32. The van der Waals surface area contributed by atoms with Gasteiger partial charge in [-0.05, 0) is 36.8 Å². The summed E-state index contributed by atoms with van der Waals surface area (Å²) in [6.45, 7) is 4.68. The molecule has 0 fully saturated rings. The van der Waals surface area contributed by atoms with Gasteiger partial charge in [-0.1, -0.05) is 24.3 Å². The summed E-state index contributed by atoms with van der Waals surface area (Å²) in [4.78, 5) is 15.2. The molecule has 0 radical (unpaired) electrons. The number of hydrogen-bond donors (Lipinski definition) is 2. The Balaban J connectivity index is 1.57. The lowest BCUT2D eigenvalue weighted by molar-refractivity contribution is 0.193. The summed E-state index contributed by atoms with van der Waals surface area (Å²) in [6, 6.07) is 15.8. The highest BCUT2D eigenvalue weighted by atomic mass is 16.3. The van der Waals surface area contributed by atoms with Gasteiger partial charge in [0.15, 0.2) is 0 Å². The Bertz CT molecular complexity index is 1130. The van der Waals surface area contributed by atoms with Crippen LogP contribution in [0.5, 0.6) is 5.75 Å². The number of benzene rings is 2. The Morgan fingerprint density at radius 2 is 2.07 bits per heavy atom. The molecule has 6 heteroatoms. The van der Waals surface area contributed by atoms with E-state index >= 15 is 0 Å². The van der Waals surface area contributed by atoms with Gasteiger partial charge in [0.1, 0.15) is 11.6 Å². The van der Waals surface area contributed by atoms with Crippen molar-refractivity contribution in [1.29, 1.82) is 0 Å². The molecule has 142 valence electrons. The van der Waals surface area contributed by atoms with Gasteiger partial charge in [-0.3, -0.25) is 4.90 Å². The lowest BCUT2D eigenvalue weighted by Crippen LogP contribution is -2.36. The Kier molecular flexibility index (Phi) is 4.13. The Morgan fingerprint density at radius 3 is 2.93 bits per heavy atom. The number of para-hydroxylation sites is 2. The SMILES string of the molecule is CCn1c(CN2CCc3[nH]cnc3C2c2cccc(O)c2)nc2ccccc21. The lowest BCUT2D eigenvalue weighted by atomic mass is 9.95. The van der Waals surface area contributed by atoms with E-state index in [9.17, 15) is 5.11 Å². The molecule has 0 spiro atoms. The van der Waals surface area contributed by atoms with E-state index in [1.165, 1.54) is 11.2 Å². The van der Waals surface area contributed by atoms with Gasteiger partial charge >= 0.3 is 0 Å². The third-order valence-electron chi connectivity index (χ3n) is 5.61. The molecule has 28 heavy (non-hydrogen) atoms. The normalized spacial score (nSPS) is 17.1. The number of phenols is 1. The van der Waals surface area contributed by atoms with Crippen LogP contribution >= 0.6 is 0 Å². The molecule has 0 saturated heterocycles. The minimum absolute atomic E-state index is 0.00721. The number of fused-ring (bicyclic) bond motifs is 2. The summed E-state index contributed by atoms with van der Waals surface area (Å²) < 4.78 is 2.29. The zero-order valence-electron chi connectivity index (χ0n) is 15.8. The number of aromatic hydroxyl groups is 1. The molecule has 0 bridgehead atoms. The van der Waals surface area contributed by atoms with E-state index < -0.39 is 0 Å². The second-order valence-electron chi connectivity index (χ2n) is 7.25. The van der Waals surface area contributed by atoms with Crippen molar-refractivity contribution >= 4 is 11.0 Å². The predicted octanol–water partition coefficient (Wildman–Crippen LogP) is 3.63. The van der Waals surface area contributed by atoms with E-state index in [0.717, 1.165) is 48.7 Å². The van der Waals surface area contributed by atoms with E-state index in [-0.39, 0.29) is 11.8 Å². The van der Waals surface area contributed by atoms with Crippen LogP contribution in [-0.4, -0.2) is 36.1 Å². The van der Waals surface area contributed by atoms with Crippen LogP contribution in [0.25, 0.3) is 11.0 Å². The van der Waals surface area contributed by atoms with Crippen LogP contribution < -0.4 is 0 Å². The Hall–Kier alpha value is -3.12. The fraction of sp³-hybridized carbons (Fsp3) is 0.273. The summed E-state index contributed by atoms with van der Waals surface area (Å²) in [7, 11) is 0. The number of H-pyrrole nitrogens is 1. The number of imidazole rings is 2. The molecule has 1 aliphatic rings. The van der Waals surface area contributed by atoms with E-state index in [4.69, 9.17) is 4.98 Å². The lowest BCUT2D eigenvalue weighted by Gasteiger charge is -2.35. The van der Waals surface area contributed by atoms with Crippen molar-refractivity contribution in [3.63, 3.8) is 0 Å². The van der Waals surface area contributed by atoms with Crippen LogP contribution in [0, 0.1) is 0 Å². The van der Waals surface area contributed by atoms with Crippen molar-refractivity contribution in [2.45, 2.75) is 32.5 Å². The van der Waals surface area contributed by atoms with E-state index in [0.29, 0.717) is 0 Å². The fourth-order valence-electron chi connectivity index (χ4n) is 4.34. The number of nitrogens with one attached hydrogen (secondary N) is 1. The van der Waals surface area contributed by atoms with Crippen LogP contribution in [-0.2, 0) is 19.5 Å². The summed E-state index contributed by atoms with van der Waals surface area (Å²) in [5.74, 6) is 1.34. The average Bonchev–Trinajstić information content (AvgIpc) is 3.31. The van der Waals surface area contributed by atoms with Gasteiger partial charge in [0.05, 0.1) is 35.6 Å². The molecule has 1 atom stereocenters. The monoisotopic (exact) mass is 373 g/mol. The molecule has 0 amide bonds. The zero-order valence-corrected chi connectivity index (χ0v) is 15.8. The summed E-state index contributed by atoms with van der Waals surface area (Å²) in [6.07, 6.45) is 2.70. The number of aromatic amines is 1. The number of aromatic nitrogens is 4. The highest BCUT2D eigenvalue weighted by Crippen LogP contribution is 2.35. The van der Waals surface area contributed by atoms with Crippen molar-refractivity contribution in [3.8, 4) is 5.75 Å². The first-order valence-electron chi connectivity index (χ1n) is 9.74. The number of phenolic OH excluding ortho intramolecular Hbond substituents is 1. The Morgan fingerprint density at radius 1 is 1.18 bits per heavy atom. The zero-order chi connectivity index (χ0) is 19.1. The molecule has 4 aromatic rings. The maximum Gasteiger partial charge on any atom is 0.124 e. The minimum atomic E-state index is -0.00721. The van der Waals surface area contributed by atoms with Gasteiger partial charge in [-0.15, -0.1) is 0 Å².